The summed E-state index contributed by atoms with van der Waals surface area (Å²) in [6.45, 7) is 6.11. The van der Waals surface area contributed by atoms with Crippen LogP contribution in [0.2, 0.25) is 0 Å². The van der Waals surface area contributed by atoms with Crippen LogP contribution in [-0.2, 0) is 0 Å². The van der Waals surface area contributed by atoms with E-state index in [-0.39, 0.29) is 12.2 Å². The Labute approximate surface area is 91.9 Å². The Morgan fingerprint density at radius 1 is 1.13 bits per heavy atom. The van der Waals surface area contributed by atoms with Gasteiger partial charge in [-0.3, -0.25) is 0 Å². The lowest BCUT2D eigenvalue weighted by Crippen LogP contribution is -2.09. The lowest BCUT2D eigenvalue weighted by Gasteiger charge is -2.13. The first-order chi connectivity index (χ1) is 7.17. The van der Waals surface area contributed by atoms with Crippen molar-refractivity contribution in [3.63, 3.8) is 0 Å². The highest BCUT2D eigenvalue weighted by Gasteiger charge is 2.05. The Hall–Kier alpha value is -1.02. The normalized spacial score (nSPS) is 14.7. The van der Waals surface area contributed by atoms with Crippen molar-refractivity contribution in [3.05, 3.63) is 29.8 Å². The van der Waals surface area contributed by atoms with Gasteiger partial charge in [0, 0.05) is 0 Å². The highest BCUT2D eigenvalue weighted by Crippen LogP contribution is 2.20. The molecule has 0 heterocycles. The summed E-state index contributed by atoms with van der Waals surface area (Å²) in [5, 5.41) is 9.61. The Morgan fingerprint density at radius 3 is 2.20 bits per heavy atom. The maximum atomic E-state index is 9.61. The summed E-state index contributed by atoms with van der Waals surface area (Å²) in [6.07, 6.45) is 1.62. The summed E-state index contributed by atoms with van der Waals surface area (Å²) in [4.78, 5) is 0. The van der Waals surface area contributed by atoms with Gasteiger partial charge in [-0.15, -0.1) is 0 Å². The van der Waals surface area contributed by atoms with Crippen molar-refractivity contribution in [1.29, 1.82) is 0 Å². The maximum Gasteiger partial charge on any atom is 0.119 e. The summed E-state index contributed by atoms with van der Waals surface area (Å²) in [5.74, 6) is 0.872. The van der Waals surface area contributed by atoms with Crippen molar-refractivity contribution in [2.75, 3.05) is 0 Å². The molecule has 0 aliphatic rings. The molecule has 0 saturated heterocycles. The van der Waals surface area contributed by atoms with E-state index in [4.69, 9.17) is 4.74 Å². The first-order valence-corrected chi connectivity index (χ1v) is 5.62. The van der Waals surface area contributed by atoms with E-state index in [1.54, 1.807) is 0 Å². The SMILES string of the molecule is CCC(C)Oc1ccc([C@H](O)CC)cc1. The fraction of sp³-hybridized carbons (Fsp3) is 0.538. The molecule has 15 heavy (non-hydrogen) atoms. The summed E-state index contributed by atoms with van der Waals surface area (Å²) < 4.78 is 5.65. The van der Waals surface area contributed by atoms with Gasteiger partial charge in [-0.05, 0) is 37.5 Å². The van der Waals surface area contributed by atoms with Crippen molar-refractivity contribution in [3.8, 4) is 5.75 Å². The van der Waals surface area contributed by atoms with Gasteiger partial charge in [0.2, 0.25) is 0 Å². The molecule has 0 amide bonds. The van der Waals surface area contributed by atoms with E-state index in [9.17, 15) is 5.11 Å². The summed E-state index contributed by atoms with van der Waals surface area (Å²) in [7, 11) is 0. The number of hydrogen-bond donors (Lipinski definition) is 1. The van der Waals surface area contributed by atoms with Crippen molar-refractivity contribution < 1.29 is 9.84 Å². The van der Waals surface area contributed by atoms with Crippen LogP contribution in [0.15, 0.2) is 24.3 Å². The first-order valence-electron chi connectivity index (χ1n) is 5.62. The van der Waals surface area contributed by atoms with Crippen LogP contribution in [0.5, 0.6) is 5.75 Å². The van der Waals surface area contributed by atoms with E-state index in [0.717, 1.165) is 24.2 Å². The molecule has 0 saturated carbocycles. The molecule has 0 spiro atoms. The minimum absolute atomic E-state index is 0.243. The van der Waals surface area contributed by atoms with Gasteiger partial charge in [-0.25, -0.2) is 0 Å². The number of ether oxygens (including phenoxy) is 1. The van der Waals surface area contributed by atoms with Gasteiger partial charge >= 0.3 is 0 Å². The molecule has 1 aromatic rings. The smallest absolute Gasteiger partial charge is 0.119 e. The summed E-state index contributed by atoms with van der Waals surface area (Å²) in [5.41, 5.74) is 0.953. The van der Waals surface area contributed by atoms with Crippen LogP contribution in [0.3, 0.4) is 0 Å². The Kier molecular flexibility index (Phi) is 4.63. The zero-order valence-electron chi connectivity index (χ0n) is 9.73. The molecule has 1 rings (SSSR count). The third-order valence-electron chi connectivity index (χ3n) is 2.56. The second-order valence-corrected chi connectivity index (χ2v) is 3.83. The standard InChI is InChI=1S/C13H20O2/c1-4-10(3)15-12-8-6-11(7-9-12)13(14)5-2/h6-10,13-14H,4-5H2,1-3H3/t10?,13-/m1/s1. The molecule has 1 unspecified atom stereocenters. The molecule has 1 N–H and O–H groups in total. The third-order valence-corrected chi connectivity index (χ3v) is 2.56. The minimum Gasteiger partial charge on any atom is -0.491 e. The van der Waals surface area contributed by atoms with E-state index in [0.29, 0.717) is 0 Å². The molecule has 0 fully saturated rings. The zero-order chi connectivity index (χ0) is 11.3. The Balaban J connectivity index is 2.64. The van der Waals surface area contributed by atoms with Crippen LogP contribution in [0.25, 0.3) is 0 Å². The molecular weight excluding hydrogens is 188 g/mol. The maximum absolute atomic E-state index is 9.61. The van der Waals surface area contributed by atoms with E-state index in [2.05, 4.69) is 13.8 Å². The second kappa shape index (κ2) is 5.76. The molecular formula is C13H20O2. The van der Waals surface area contributed by atoms with E-state index < -0.39 is 0 Å². The number of benzene rings is 1. The van der Waals surface area contributed by atoms with E-state index in [1.807, 2.05) is 31.2 Å². The lowest BCUT2D eigenvalue weighted by atomic mass is 10.1. The molecule has 0 aromatic heterocycles. The molecule has 2 nitrogen and oxygen atoms in total. The molecule has 2 atom stereocenters. The van der Waals surface area contributed by atoms with Crippen LogP contribution >= 0.6 is 0 Å². The highest BCUT2D eigenvalue weighted by atomic mass is 16.5. The molecule has 0 radical (unpaired) electrons. The quantitative estimate of drug-likeness (QED) is 0.804. The number of hydrogen-bond acceptors (Lipinski definition) is 2. The van der Waals surface area contributed by atoms with E-state index >= 15 is 0 Å². The van der Waals surface area contributed by atoms with Crippen LogP contribution in [0.1, 0.15) is 45.3 Å². The highest BCUT2D eigenvalue weighted by molar-refractivity contribution is 5.28. The van der Waals surface area contributed by atoms with Crippen molar-refractivity contribution in [2.24, 2.45) is 0 Å². The number of aliphatic hydroxyl groups excluding tert-OH is 1. The largest absolute Gasteiger partial charge is 0.491 e. The van der Waals surface area contributed by atoms with Crippen molar-refractivity contribution in [2.45, 2.75) is 45.8 Å². The zero-order valence-corrected chi connectivity index (χ0v) is 9.73. The fourth-order valence-corrected chi connectivity index (χ4v) is 1.32. The topological polar surface area (TPSA) is 29.5 Å². The number of rotatable bonds is 5. The van der Waals surface area contributed by atoms with Gasteiger partial charge in [-0.1, -0.05) is 26.0 Å². The van der Waals surface area contributed by atoms with Gasteiger partial charge in [0.1, 0.15) is 5.75 Å². The molecule has 1 aromatic carbocycles. The van der Waals surface area contributed by atoms with Gasteiger partial charge in [0.25, 0.3) is 0 Å². The van der Waals surface area contributed by atoms with Crippen molar-refractivity contribution in [1.82, 2.24) is 0 Å². The molecule has 0 aliphatic carbocycles. The van der Waals surface area contributed by atoms with Gasteiger partial charge < -0.3 is 9.84 Å². The summed E-state index contributed by atoms with van der Waals surface area (Å²) >= 11 is 0. The van der Waals surface area contributed by atoms with Crippen molar-refractivity contribution >= 4 is 0 Å². The second-order valence-electron chi connectivity index (χ2n) is 3.83. The molecule has 2 heteroatoms. The monoisotopic (exact) mass is 208 g/mol. The Bertz CT molecular complexity index is 279. The average molecular weight is 208 g/mol. The molecule has 84 valence electrons. The molecule has 0 bridgehead atoms. The molecule has 0 aliphatic heterocycles. The Morgan fingerprint density at radius 2 is 1.73 bits per heavy atom. The first kappa shape index (κ1) is 12.1. The number of aliphatic hydroxyl groups is 1. The predicted octanol–water partition coefficient (Wildman–Crippen LogP) is 3.31. The van der Waals surface area contributed by atoms with Crippen LogP contribution in [0, 0.1) is 0 Å². The van der Waals surface area contributed by atoms with Crippen LogP contribution in [-0.4, -0.2) is 11.2 Å². The van der Waals surface area contributed by atoms with Crippen LogP contribution < -0.4 is 4.74 Å². The fourth-order valence-electron chi connectivity index (χ4n) is 1.32. The average Bonchev–Trinajstić information content (AvgIpc) is 2.29. The van der Waals surface area contributed by atoms with Gasteiger partial charge in [0.05, 0.1) is 12.2 Å². The predicted molar refractivity (Wildman–Crippen MR) is 62.1 cm³/mol. The van der Waals surface area contributed by atoms with E-state index in [1.165, 1.54) is 0 Å². The lowest BCUT2D eigenvalue weighted by molar-refractivity contribution is 0.173. The third kappa shape index (κ3) is 3.56. The van der Waals surface area contributed by atoms with Gasteiger partial charge in [0.15, 0.2) is 0 Å². The van der Waals surface area contributed by atoms with Crippen LogP contribution in [0.4, 0.5) is 0 Å². The minimum atomic E-state index is -0.359. The summed E-state index contributed by atoms with van der Waals surface area (Å²) in [6, 6.07) is 7.68. The van der Waals surface area contributed by atoms with Gasteiger partial charge in [-0.2, -0.15) is 0 Å².